The molecule has 7 heteroatoms. The van der Waals surface area contributed by atoms with Crippen molar-refractivity contribution in [2.24, 2.45) is 0 Å². The van der Waals surface area contributed by atoms with E-state index < -0.39 is 4.92 Å². The van der Waals surface area contributed by atoms with E-state index in [1.54, 1.807) is 0 Å². The molecule has 0 bridgehead atoms. The Morgan fingerprint density at radius 2 is 1.66 bits per heavy atom. The fraction of sp³-hybridized carbons (Fsp3) is 0.200. The van der Waals surface area contributed by atoms with E-state index in [9.17, 15) is 14.9 Å². The fourth-order valence-electron chi connectivity index (χ4n) is 3.59. The van der Waals surface area contributed by atoms with E-state index in [0.717, 1.165) is 16.6 Å². The number of amides is 1. The van der Waals surface area contributed by atoms with Gasteiger partial charge in [0.2, 0.25) is 5.91 Å². The molecule has 0 unspecified atom stereocenters. The summed E-state index contributed by atoms with van der Waals surface area (Å²) in [5, 5.41) is 13.6. The van der Waals surface area contributed by atoms with Crippen LogP contribution in [0.1, 0.15) is 26.3 Å². The molecule has 0 fully saturated rings. The molecule has 162 valence electrons. The number of non-ortho nitro benzene ring substituents is 1. The second-order valence-corrected chi connectivity index (χ2v) is 8.69. The Morgan fingerprint density at radius 3 is 2.28 bits per heavy atom. The zero-order valence-electron chi connectivity index (χ0n) is 18.2. The average molecular weight is 428 g/mol. The molecule has 0 radical (unpaired) electrons. The summed E-state index contributed by atoms with van der Waals surface area (Å²) in [5.74, 6) is 0.472. The SMILES string of the molecule is CC(C)(C)c1ccc(-c2nc3ccccc3n2CC(=O)Nc2ccc([N+](=O)[O-])cc2)cc1. The summed E-state index contributed by atoms with van der Waals surface area (Å²) >= 11 is 0. The van der Waals surface area contributed by atoms with Crippen molar-refractivity contribution >= 4 is 28.3 Å². The van der Waals surface area contributed by atoms with Crippen molar-refractivity contribution in [1.29, 1.82) is 0 Å². The number of aromatic nitrogens is 2. The lowest BCUT2D eigenvalue weighted by Crippen LogP contribution is -2.19. The van der Waals surface area contributed by atoms with Gasteiger partial charge in [-0.1, -0.05) is 57.2 Å². The van der Waals surface area contributed by atoms with Gasteiger partial charge in [-0.3, -0.25) is 14.9 Å². The number of anilines is 1. The minimum atomic E-state index is -0.472. The molecule has 32 heavy (non-hydrogen) atoms. The third-order valence-electron chi connectivity index (χ3n) is 5.33. The standard InChI is InChI=1S/C25H24N4O3/c1-25(2,3)18-10-8-17(9-11-18)24-27-21-6-4-5-7-22(21)28(24)16-23(30)26-19-12-14-20(15-13-19)29(31)32/h4-15H,16H2,1-3H3,(H,26,30). The number of nitrogens with zero attached hydrogens (tertiary/aromatic N) is 3. The lowest BCUT2D eigenvalue weighted by Gasteiger charge is -2.19. The van der Waals surface area contributed by atoms with Crippen LogP contribution in [0.15, 0.2) is 72.8 Å². The lowest BCUT2D eigenvalue weighted by atomic mass is 9.87. The average Bonchev–Trinajstić information content (AvgIpc) is 3.12. The minimum Gasteiger partial charge on any atom is -0.325 e. The van der Waals surface area contributed by atoms with Crippen LogP contribution in [0.4, 0.5) is 11.4 Å². The first-order chi connectivity index (χ1) is 15.2. The molecule has 0 aliphatic carbocycles. The van der Waals surface area contributed by atoms with E-state index in [1.165, 1.54) is 29.8 Å². The fourth-order valence-corrected chi connectivity index (χ4v) is 3.59. The van der Waals surface area contributed by atoms with Crippen LogP contribution >= 0.6 is 0 Å². The Hall–Kier alpha value is -4.00. The summed E-state index contributed by atoms with van der Waals surface area (Å²) in [4.78, 5) is 27.9. The van der Waals surface area contributed by atoms with E-state index >= 15 is 0 Å². The first-order valence-corrected chi connectivity index (χ1v) is 10.3. The van der Waals surface area contributed by atoms with Crippen molar-refractivity contribution in [3.8, 4) is 11.4 Å². The monoisotopic (exact) mass is 428 g/mol. The molecule has 4 rings (SSSR count). The first kappa shape index (κ1) is 21.2. The summed E-state index contributed by atoms with van der Waals surface area (Å²) in [7, 11) is 0. The number of nitro groups is 1. The molecule has 1 N–H and O–H groups in total. The molecule has 3 aromatic carbocycles. The van der Waals surface area contributed by atoms with Gasteiger partial charge in [-0.15, -0.1) is 0 Å². The summed E-state index contributed by atoms with van der Waals surface area (Å²) in [5.41, 5.74) is 4.35. The number of imidazole rings is 1. The molecule has 4 aromatic rings. The third-order valence-corrected chi connectivity index (χ3v) is 5.33. The summed E-state index contributed by atoms with van der Waals surface area (Å²) in [6.45, 7) is 6.56. The zero-order valence-corrected chi connectivity index (χ0v) is 18.2. The quantitative estimate of drug-likeness (QED) is 0.333. The van der Waals surface area contributed by atoms with Crippen LogP contribution < -0.4 is 5.32 Å². The number of fused-ring (bicyclic) bond motifs is 1. The number of benzene rings is 3. The van der Waals surface area contributed by atoms with Gasteiger partial charge in [0.15, 0.2) is 0 Å². The maximum atomic E-state index is 12.8. The molecular weight excluding hydrogens is 404 g/mol. The van der Waals surface area contributed by atoms with Gasteiger partial charge in [-0.25, -0.2) is 4.98 Å². The van der Waals surface area contributed by atoms with Crippen LogP contribution in [0.5, 0.6) is 0 Å². The topological polar surface area (TPSA) is 90.1 Å². The summed E-state index contributed by atoms with van der Waals surface area (Å²) < 4.78 is 1.89. The number of rotatable bonds is 5. The van der Waals surface area contributed by atoms with Gasteiger partial charge in [0.1, 0.15) is 12.4 Å². The van der Waals surface area contributed by atoms with E-state index in [4.69, 9.17) is 4.98 Å². The number of nitrogens with one attached hydrogen (secondary N) is 1. The Labute approximate surface area is 185 Å². The second kappa shape index (κ2) is 8.26. The van der Waals surface area contributed by atoms with Crippen LogP contribution in [0.3, 0.4) is 0 Å². The Morgan fingerprint density at radius 1 is 1.00 bits per heavy atom. The van der Waals surface area contributed by atoms with Gasteiger partial charge in [-0.2, -0.15) is 0 Å². The number of hydrogen-bond acceptors (Lipinski definition) is 4. The molecule has 0 aliphatic heterocycles. The van der Waals surface area contributed by atoms with E-state index in [2.05, 4.69) is 38.2 Å². The predicted molar refractivity (Wildman–Crippen MR) is 126 cm³/mol. The molecule has 1 aromatic heterocycles. The van der Waals surface area contributed by atoms with Crippen molar-refractivity contribution in [2.45, 2.75) is 32.7 Å². The van der Waals surface area contributed by atoms with Gasteiger partial charge in [0.25, 0.3) is 5.69 Å². The van der Waals surface area contributed by atoms with Crippen molar-refractivity contribution in [1.82, 2.24) is 9.55 Å². The van der Waals surface area contributed by atoms with Crippen LogP contribution in [0.2, 0.25) is 0 Å². The normalized spacial score (nSPS) is 11.5. The van der Waals surface area contributed by atoms with Gasteiger partial charge in [-0.05, 0) is 35.2 Å². The number of carbonyl (C=O) groups is 1. The molecule has 0 aliphatic rings. The van der Waals surface area contributed by atoms with E-state index in [0.29, 0.717) is 11.5 Å². The van der Waals surface area contributed by atoms with Crippen LogP contribution in [0.25, 0.3) is 22.4 Å². The molecule has 0 saturated carbocycles. The van der Waals surface area contributed by atoms with Crippen molar-refractivity contribution in [2.75, 3.05) is 5.32 Å². The molecular formula is C25H24N4O3. The van der Waals surface area contributed by atoms with Crippen LogP contribution in [-0.2, 0) is 16.8 Å². The number of nitro benzene ring substituents is 1. The molecule has 1 amide bonds. The van der Waals surface area contributed by atoms with Gasteiger partial charge in [0.05, 0.1) is 16.0 Å². The van der Waals surface area contributed by atoms with E-state index in [-0.39, 0.29) is 23.6 Å². The van der Waals surface area contributed by atoms with Gasteiger partial charge < -0.3 is 9.88 Å². The summed E-state index contributed by atoms with van der Waals surface area (Å²) in [6.07, 6.45) is 0. The largest absolute Gasteiger partial charge is 0.325 e. The van der Waals surface area contributed by atoms with Crippen LogP contribution in [-0.4, -0.2) is 20.4 Å². The highest BCUT2D eigenvalue weighted by molar-refractivity contribution is 5.92. The highest BCUT2D eigenvalue weighted by Crippen LogP contribution is 2.28. The molecule has 0 atom stereocenters. The van der Waals surface area contributed by atoms with Crippen LogP contribution in [0, 0.1) is 10.1 Å². The maximum absolute atomic E-state index is 12.8. The Kier molecular flexibility index (Phi) is 5.48. The van der Waals surface area contributed by atoms with Gasteiger partial charge >= 0.3 is 0 Å². The predicted octanol–water partition coefficient (Wildman–Crippen LogP) is 5.55. The van der Waals surface area contributed by atoms with Crippen molar-refractivity contribution in [3.05, 3.63) is 88.5 Å². The number of carbonyl (C=O) groups excluding carboxylic acids is 1. The highest BCUT2D eigenvalue weighted by atomic mass is 16.6. The van der Waals surface area contributed by atoms with E-state index in [1.807, 2.05) is 41.0 Å². The highest BCUT2D eigenvalue weighted by Gasteiger charge is 2.18. The van der Waals surface area contributed by atoms with Crippen molar-refractivity contribution < 1.29 is 9.72 Å². The second-order valence-electron chi connectivity index (χ2n) is 8.69. The number of para-hydroxylation sites is 2. The molecule has 0 spiro atoms. The van der Waals surface area contributed by atoms with Crippen molar-refractivity contribution in [3.63, 3.8) is 0 Å². The zero-order chi connectivity index (χ0) is 22.9. The molecule has 1 heterocycles. The number of hydrogen-bond donors (Lipinski definition) is 1. The Bertz CT molecular complexity index is 1280. The smallest absolute Gasteiger partial charge is 0.269 e. The Balaban J connectivity index is 1.64. The molecule has 0 saturated heterocycles. The van der Waals surface area contributed by atoms with Gasteiger partial charge in [0, 0.05) is 23.4 Å². The maximum Gasteiger partial charge on any atom is 0.269 e. The first-order valence-electron chi connectivity index (χ1n) is 10.3. The molecule has 7 nitrogen and oxygen atoms in total. The lowest BCUT2D eigenvalue weighted by molar-refractivity contribution is -0.384. The third kappa shape index (κ3) is 4.37. The summed E-state index contributed by atoms with van der Waals surface area (Å²) in [6, 6.07) is 21.7. The minimum absolute atomic E-state index is 0.0235.